The maximum atomic E-state index is 13.1. The van der Waals surface area contributed by atoms with Crippen LogP contribution in [0.1, 0.15) is 388 Å². The van der Waals surface area contributed by atoms with Gasteiger partial charge in [-0.2, -0.15) is 0 Å². The van der Waals surface area contributed by atoms with Gasteiger partial charge in [-0.05, 0) is 37.5 Å². The summed E-state index contributed by atoms with van der Waals surface area (Å²) >= 11 is 0. The largest absolute Gasteiger partial charge is 0.472 e. The van der Waals surface area contributed by atoms with E-state index >= 15 is 0 Å². The molecule has 0 saturated carbocycles. The van der Waals surface area contributed by atoms with Crippen molar-refractivity contribution < 1.29 is 80.2 Å². The number of rotatable bonds is 74. The highest BCUT2D eigenvalue weighted by Gasteiger charge is 2.30. The Labute approximate surface area is 575 Å². The molecule has 0 aromatic rings. The summed E-state index contributed by atoms with van der Waals surface area (Å²) < 4.78 is 68.4. The van der Waals surface area contributed by atoms with Crippen LogP contribution in [0.4, 0.5) is 0 Å². The highest BCUT2D eigenvalue weighted by molar-refractivity contribution is 7.47. The highest BCUT2D eigenvalue weighted by Crippen LogP contribution is 2.45. The lowest BCUT2D eigenvalue weighted by molar-refractivity contribution is -0.161. The predicted molar refractivity (Wildman–Crippen MR) is 381 cm³/mol. The van der Waals surface area contributed by atoms with E-state index in [1.54, 1.807) is 0 Å². The van der Waals surface area contributed by atoms with E-state index in [-0.39, 0.29) is 25.7 Å². The summed E-state index contributed by atoms with van der Waals surface area (Å²) in [6, 6.07) is 0. The van der Waals surface area contributed by atoms with Gasteiger partial charge < -0.3 is 33.8 Å². The Morgan fingerprint density at radius 2 is 0.543 bits per heavy atom. The van der Waals surface area contributed by atoms with Gasteiger partial charge in [0.15, 0.2) is 12.2 Å². The molecule has 558 valence electrons. The molecule has 0 heterocycles. The van der Waals surface area contributed by atoms with Crippen LogP contribution in [0.15, 0.2) is 0 Å². The number of phosphoric acid groups is 2. The summed E-state index contributed by atoms with van der Waals surface area (Å²) in [5, 5.41) is 10.6. The molecule has 0 spiro atoms. The Balaban J connectivity index is 5.18. The van der Waals surface area contributed by atoms with Crippen LogP contribution < -0.4 is 0 Å². The molecule has 0 bridgehead atoms. The van der Waals surface area contributed by atoms with Crippen molar-refractivity contribution in [2.45, 2.75) is 407 Å². The quantitative estimate of drug-likeness (QED) is 0.0222. The van der Waals surface area contributed by atoms with Gasteiger partial charge in [0.25, 0.3) is 0 Å². The maximum absolute atomic E-state index is 13.1. The summed E-state index contributed by atoms with van der Waals surface area (Å²) in [7, 11) is -9.91. The lowest BCUT2D eigenvalue weighted by Crippen LogP contribution is -2.30. The molecule has 6 atom stereocenters. The SMILES string of the molecule is CCCCCCCCCCCCCCCCCCCCCCCC(=O)O[C@H](COC(=O)CCCCCCCCCCCCCC(C)C)COP(=O)(O)OC[C@@H](O)COP(=O)(O)OC[C@@H](COC(=O)CCCCCCCCCCC)OC(=O)CCCCCCCCC(C)CC. The number of hydrogen-bond donors (Lipinski definition) is 3. The molecular formula is C75H146O17P2. The van der Waals surface area contributed by atoms with Crippen LogP contribution >= 0.6 is 15.6 Å². The van der Waals surface area contributed by atoms with Crippen molar-refractivity contribution in [3.63, 3.8) is 0 Å². The topological polar surface area (TPSA) is 237 Å². The van der Waals surface area contributed by atoms with Gasteiger partial charge >= 0.3 is 39.5 Å². The zero-order valence-corrected chi connectivity index (χ0v) is 63.1. The molecule has 3 unspecified atom stereocenters. The maximum Gasteiger partial charge on any atom is 0.472 e. The van der Waals surface area contributed by atoms with Crippen LogP contribution in [0, 0.1) is 11.8 Å². The van der Waals surface area contributed by atoms with Gasteiger partial charge in [0, 0.05) is 25.7 Å². The highest BCUT2D eigenvalue weighted by atomic mass is 31.2. The third-order valence-electron chi connectivity index (χ3n) is 17.8. The van der Waals surface area contributed by atoms with E-state index in [0.717, 1.165) is 102 Å². The third-order valence-corrected chi connectivity index (χ3v) is 19.7. The Kier molecular flexibility index (Phi) is 65.5. The van der Waals surface area contributed by atoms with Gasteiger partial charge in [0.05, 0.1) is 26.4 Å². The third kappa shape index (κ3) is 67.3. The summed E-state index contributed by atoms with van der Waals surface area (Å²) in [4.78, 5) is 72.7. The lowest BCUT2D eigenvalue weighted by Gasteiger charge is -2.21. The minimum absolute atomic E-state index is 0.103. The Hall–Kier alpha value is -1.94. The number of carbonyl (C=O) groups excluding carboxylic acids is 4. The van der Waals surface area contributed by atoms with Crippen molar-refractivity contribution in [2.24, 2.45) is 11.8 Å². The number of aliphatic hydroxyl groups is 1. The summed E-state index contributed by atoms with van der Waals surface area (Å²) in [6.07, 6.45) is 54.3. The zero-order valence-electron chi connectivity index (χ0n) is 61.3. The van der Waals surface area contributed by atoms with Gasteiger partial charge in [-0.1, -0.05) is 337 Å². The average molecular weight is 1380 g/mol. The monoisotopic (exact) mass is 1380 g/mol. The van der Waals surface area contributed by atoms with Crippen molar-refractivity contribution in [3.8, 4) is 0 Å². The number of hydrogen-bond acceptors (Lipinski definition) is 15. The predicted octanol–water partition coefficient (Wildman–Crippen LogP) is 21.9. The smallest absolute Gasteiger partial charge is 0.462 e. The Bertz CT molecular complexity index is 1820. The lowest BCUT2D eigenvalue weighted by atomic mass is 10.00. The zero-order chi connectivity index (χ0) is 69.3. The molecule has 0 aromatic carbocycles. The first-order chi connectivity index (χ1) is 45.4. The summed E-state index contributed by atoms with van der Waals surface area (Å²) in [5.74, 6) is -0.631. The standard InChI is InChI=1S/C75H146O17P2/c1-7-10-12-14-16-18-19-20-21-22-23-24-25-26-27-28-31-36-40-47-53-59-74(79)91-70(63-86-73(78)58-52-46-39-35-32-29-30-34-37-43-49-55-67(4)5)65-89-93(81,82)87-61-69(76)62-88-94(83,84)90-66-71(64-85-72(77)57-51-45-38-33-17-15-13-11-8-2)92-75(80)60-54-48-42-41-44-50-56-68(6)9-3/h67-71,76H,7-66H2,1-6H3,(H,81,82)(H,83,84)/t68?,69-,70-,71-/m1/s1. The van der Waals surface area contributed by atoms with E-state index in [4.69, 9.17) is 37.0 Å². The molecule has 3 N–H and O–H groups in total. The fraction of sp³-hybridized carbons (Fsp3) is 0.947. The number of carbonyl (C=O) groups is 4. The molecule has 0 radical (unpaired) electrons. The molecular weight excluding hydrogens is 1230 g/mol. The number of phosphoric ester groups is 2. The molecule has 17 nitrogen and oxygen atoms in total. The first kappa shape index (κ1) is 92.1. The summed E-state index contributed by atoms with van der Waals surface area (Å²) in [6.45, 7) is 9.52. The van der Waals surface area contributed by atoms with E-state index in [2.05, 4.69) is 41.5 Å². The molecule has 0 saturated heterocycles. The van der Waals surface area contributed by atoms with Crippen LogP contribution in [0.2, 0.25) is 0 Å². The number of ether oxygens (including phenoxy) is 4. The Morgan fingerprint density at radius 1 is 0.309 bits per heavy atom. The summed E-state index contributed by atoms with van der Waals surface area (Å²) in [5.41, 5.74) is 0. The fourth-order valence-corrected chi connectivity index (χ4v) is 13.0. The number of unbranched alkanes of at least 4 members (excludes halogenated alkanes) is 43. The minimum Gasteiger partial charge on any atom is -0.462 e. The van der Waals surface area contributed by atoms with Crippen molar-refractivity contribution in [2.75, 3.05) is 39.6 Å². The van der Waals surface area contributed by atoms with Gasteiger partial charge in [-0.25, -0.2) is 9.13 Å². The molecule has 94 heavy (non-hydrogen) atoms. The van der Waals surface area contributed by atoms with Gasteiger partial charge in [-0.3, -0.25) is 37.3 Å². The second-order valence-electron chi connectivity index (χ2n) is 27.8. The van der Waals surface area contributed by atoms with E-state index in [1.165, 1.54) is 205 Å². The second kappa shape index (κ2) is 66.9. The molecule has 0 rings (SSSR count). The number of esters is 4. The number of aliphatic hydroxyl groups excluding tert-OH is 1. The van der Waals surface area contributed by atoms with Crippen LogP contribution in [0.25, 0.3) is 0 Å². The van der Waals surface area contributed by atoms with Crippen LogP contribution in [-0.4, -0.2) is 96.7 Å². The van der Waals surface area contributed by atoms with Gasteiger partial charge in [-0.15, -0.1) is 0 Å². The first-order valence-corrected chi connectivity index (χ1v) is 42.0. The molecule has 0 aliphatic heterocycles. The molecule has 0 aliphatic carbocycles. The Morgan fingerprint density at radius 3 is 0.809 bits per heavy atom. The van der Waals surface area contributed by atoms with Crippen LogP contribution in [-0.2, 0) is 65.4 Å². The normalized spacial score (nSPS) is 14.3. The molecule has 0 aliphatic rings. The van der Waals surface area contributed by atoms with Gasteiger partial charge in [0.2, 0.25) is 0 Å². The van der Waals surface area contributed by atoms with E-state index < -0.39 is 97.5 Å². The first-order valence-electron chi connectivity index (χ1n) is 39.0. The average Bonchev–Trinajstić information content (AvgIpc) is 2.32. The van der Waals surface area contributed by atoms with Crippen molar-refractivity contribution >= 4 is 39.5 Å². The van der Waals surface area contributed by atoms with Crippen molar-refractivity contribution in [1.82, 2.24) is 0 Å². The molecule has 19 heteroatoms. The van der Waals surface area contributed by atoms with Crippen LogP contribution in [0.3, 0.4) is 0 Å². The fourth-order valence-electron chi connectivity index (χ4n) is 11.4. The van der Waals surface area contributed by atoms with Crippen molar-refractivity contribution in [1.29, 1.82) is 0 Å². The molecule has 0 fully saturated rings. The van der Waals surface area contributed by atoms with Gasteiger partial charge in [0.1, 0.15) is 19.3 Å². The van der Waals surface area contributed by atoms with E-state index in [1.807, 2.05) is 0 Å². The van der Waals surface area contributed by atoms with E-state index in [9.17, 15) is 43.2 Å². The second-order valence-corrected chi connectivity index (χ2v) is 30.7. The van der Waals surface area contributed by atoms with Crippen LogP contribution in [0.5, 0.6) is 0 Å². The van der Waals surface area contributed by atoms with Crippen molar-refractivity contribution in [3.05, 3.63) is 0 Å². The van der Waals surface area contributed by atoms with E-state index in [0.29, 0.717) is 25.7 Å². The molecule has 0 aromatic heterocycles. The minimum atomic E-state index is -4.96. The molecule has 0 amide bonds.